The van der Waals surface area contributed by atoms with Crippen molar-refractivity contribution in [2.24, 2.45) is 5.92 Å². The molecule has 0 aliphatic heterocycles. The number of amides is 1. The van der Waals surface area contributed by atoms with Gasteiger partial charge in [-0.05, 0) is 37.8 Å². The number of hydrogen-bond acceptors (Lipinski definition) is 4. The summed E-state index contributed by atoms with van der Waals surface area (Å²) in [6.45, 7) is 6.57. The number of carbonyl (C=O) groups excluding carboxylic acids is 1. The molecule has 0 aliphatic rings. The first kappa shape index (κ1) is 17.1. The number of rotatable bonds is 7. The Morgan fingerprint density at radius 1 is 1.22 bits per heavy atom. The third kappa shape index (κ3) is 4.87. The second-order valence-electron chi connectivity index (χ2n) is 6.32. The zero-order valence-corrected chi connectivity index (χ0v) is 14.0. The van der Waals surface area contributed by atoms with E-state index >= 15 is 0 Å². The van der Waals surface area contributed by atoms with Gasteiger partial charge >= 0.3 is 0 Å². The van der Waals surface area contributed by atoms with Gasteiger partial charge < -0.3 is 5.32 Å². The average Bonchev–Trinajstić information content (AvgIpc) is 2.52. The molecule has 1 unspecified atom stereocenters. The van der Waals surface area contributed by atoms with Gasteiger partial charge in [-0.2, -0.15) is 0 Å². The van der Waals surface area contributed by atoms with E-state index in [0.717, 1.165) is 12.8 Å². The lowest BCUT2D eigenvalue weighted by molar-refractivity contribution is -0.122. The maximum absolute atomic E-state index is 12.3. The van der Waals surface area contributed by atoms with Crippen LogP contribution in [0.15, 0.2) is 29.1 Å². The van der Waals surface area contributed by atoms with E-state index in [1.165, 1.54) is 4.68 Å². The predicted octanol–water partition coefficient (Wildman–Crippen LogP) is 2.12. The molecule has 0 radical (unpaired) electrons. The van der Waals surface area contributed by atoms with E-state index in [1.54, 1.807) is 18.2 Å². The normalized spacial score (nSPS) is 12.5. The van der Waals surface area contributed by atoms with E-state index < -0.39 is 0 Å². The summed E-state index contributed by atoms with van der Waals surface area (Å²) in [4.78, 5) is 24.2. The molecule has 6 nitrogen and oxygen atoms in total. The van der Waals surface area contributed by atoms with E-state index in [1.807, 2.05) is 13.0 Å². The molecule has 124 valence electrons. The molecule has 23 heavy (non-hydrogen) atoms. The summed E-state index contributed by atoms with van der Waals surface area (Å²) in [7, 11) is 0. The fourth-order valence-corrected chi connectivity index (χ4v) is 2.38. The highest BCUT2D eigenvalue weighted by atomic mass is 16.2. The van der Waals surface area contributed by atoms with Crippen molar-refractivity contribution in [1.82, 2.24) is 20.3 Å². The summed E-state index contributed by atoms with van der Waals surface area (Å²) in [6.07, 6.45) is 2.26. The highest BCUT2D eigenvalue weighted by molar-refractivity contribution is 5.77. The highest BCUT2D eigenvalue weighted by Crippen LogP contribution is 2.07. The molecule has 1 heterocycles. The maximum Gasteiger partial charge on any atom is 0.277 e. The molecule has 1 atom stereocenters. The van der Waals surface area contributed by atoms with Gasteiger partial charge in [-0.1, -0.05) is 31.2 Å². The van der Waals surface area contributed by atoms with Crippen molar-refractivity contribution in [1.29, 1.82) is 0 Å². The number of nitrogens with zero attached hydrogens (tertiary/aromatic N) is 3. The maximum atomic E-state index is 12.3. The van der Waals surface area contributed by atoms with Gasteiger partial charge in [0.2, 0.25) is 5.91 Å². The summed E-state index contributed by atoms with van der Waals surface area (Å²) < 4.78 is 1.25. The molecular weight excluding hydrogens is 292 g/mol. The number of nitrogens with one attached hydrogen (secondary N) is 1. The molecule has 6 heteroatoms. The lowest BCUT2D eigenvalue weighted by Crippen LogP contribution is -2.34. The topological polar surface area (TPSA) is 76.9 Å². The lowest BCUT2D eigenvalue weighted by atomic mass is 10.0. The van der Waals surface area contributed by atoms with Crippen molar-refractivity contribution < 1.29 is 4.79 Å². The Bertz CT molecular complexity index is 724. The molecule has 0 fully saturated rings. The van der Waals surface area contributed by atoms with Crippen LogP contribution in [0.3, 0.4) is 0 Å². The SMILES string of the molecule is CC(C)CCC(C)NC(=O)CCn1nnc2ccccc2c1=O. The predicted molar refractivity (Wildman–Crippen MR) is 90.1 cm³/mol. The number of carbonyl (C=O) groups is 1. The molecule has 0 aliphatic carbocycles. The minimum atomic E-state index is -0.212. The smallest absolute Gasteiger partial charge is 0.277 e. The zero-order valence-electron chi connectivity index (χ0n) is 14.0. The van der Waals surface area contributed by atoms with Gasteiger partial charge in [0.1, 0.15) is 5.52 Å². The fourth-order valence-electron chi connectivity index (χ4n) is 2.38. The second-order valence-corrected chi connectivity index (χ2v) is 6.32. The first-order chi connectivity index (χ1) is 11.0. The number of aromatic nitrogens is 3. The summed E-state index contributed by atoms with van der Waals surface area (Å²) >= 11 is 0. The van der Waals surface area contributed by atoms with E-state index in [2.05, 4.69) is 29.5 Å². The molecule has 1 aromatic heterocycles. The van der Waals surface area contributed by atoms with Crippen molar-refractivity contribution in [3.8, 4) is 0 Å². The standard InChI is InChI=1S/C17H24N4O2/c1-12(2)8-9-13(3)18-16(22)10-11-21-17(23)14-6-4-5-7-15(14)19-20-21/h4-7,12-13H,8-11H2,1-3H3,(H,18,22). The Kier molecular flexibility index (Phi) is 5.84. The minimum absolute atomic E-state index is 0.0666. The summed E-state index contributed by atoms with van der Waals surface area (Å²) in [6, 6.07) is 7.21. The zero-order chi connectivity index (χ0) is 16.8. The second kappa shape index (κ2) is 7.85. The monoisotopic (exact) mass is 316 g/mol. The van der Waals surface area contributed by atoms with Gasteiger partial charge in [-0.15, -0.1) is 5.10 Å². The Morgan fingerprint density at radius 2 is 1.96 bits per heavy atom. The van der Waals surface area contributed by atoms with E-state index in [4.69, 9.17) is 0 Å². The molecule has 0 saturated carbocycles. The van der Waals surface area contributed by atoms with Crippen molar-refractivity contribution in [2.75, 3.05) is 0 Å². The third-order valence-corrected chi connectivity index (χ3v) is 3.76. The molecule has 0 spiro atoms. The van der Waals surface area contributed by atoms with Crippen LogP contribution in [0.1, 0.15) is 40.0 Å². The molecule has 1 N–H and O–H groups in total. The van der Waals surface area contributed by atoms with Gasteiger partial charge in [0.05, 0.1) is 11.9 Å². The van der Waals surface area contributed by atoms with Crippen LogP contribution in [0, 0.1) is 5.92 Å². The van der Waals surface area contributed by atoms with E-state index in [0.29, 0.717) is 16.8 Å². The van der Waals surface area contributed by atoms with Crippen molar-refractivity contribution in [2.45, 2.75) is 52.6 Å². The molecule has 0 bridgehead atoms. The van der Waals surface area contributed by atoms with E-state index in [9.17, 15) is 9.59 Å². The summed E-state index contributed by atoms with van der Waals surface area (Å²) in [5, 5.41) is 11.4. The van der Waals surface area contributed by atoms with Crippen LogP contribution in [-0.4, -0.2) is 26.9 Å². The quantitative estimate of drug-likeness (QED) is 0.849. The Morgan fingerprint density at radius 3 is 2.70 bits per heavy atom. The Labute approximate surface area is 135 Å². The molecule has 2 aromatic rings. The summed E-state index contributed by atoms with van der Waals surface area (Å²) in [5.41, 5.74) is 0.358. The van der Waals surface area contributed by atoms with Crippen molar-refractivity contribution in [3.63, 3.8) is 0 Å². The van der Waals surface area contributed by atoms with Crippen LogP contribution in [0.25, 0.3) is 10.9 Å². The van der Waals surface area contributed by atoms with Gasteiger partial charge in [0, 0.05) is 12.5 Å². The van der Waals surface area contributed by atoms with Crippen LogP contribution in [0.2, 0.25) is 0 Å². The minimum Gasteiger partial charge on any atom is -0.354 e. The number of benzene rings is 1. The number of hydrogen-bond donors (Lipinski definition) is 1. The Balaban J connectivity index is 1.92. The summed E-state index contributed by atoms with van der Waals surface area (Å²) in [5.74, 6) is 0.559. The first-order valence-electron chi connectivity index (χ1n) is 8.09. The number of fused-ring (bicyclic) bond motifs is 1. The Hall–Kier alpha value is -2.24. The van der Waals surface area contributed by atoms with Crippen LogP contribution < -0.4 is 10.9 Å². The third-order valence-electron chi connectivity index (χ3n) is 3.76. The average molecular weight is 316 g/mol. The van der Waals surface area contributed by atoms with Gasteiger partial charge in [-0.3, -0.25) is 9.59 Å². The van der Waals surface area contributed by atoms with Crippen LogP contribution >= 0.6 is 0 Å². The molecule has 2 rings (SSSR count). The van der Waals surface area contributed by atoms with Crippen LogP contribution in [-0.2, 0) is 11.3 Å². The van der Waals surface area contributed by atoms with Crippen LogP contribution in [0.5, 0.6) is 0 Å². The van der Waals surface area contributed by atoms with Crippen molar-refractivity contribution >= 4 is 16.8 Å². The lowest BCUT2D eigenvalue weighted by Gasteiger charge is -2.15. The molecule has 0 saturated heterocycles. The molecule has 1 aromatic carbocycles. The largest absolute Gasteiger partial charge is 0.354 e. The fraction of sp³-hybridized carbons (Fsp3) is 0.529. The molecular formula is C17H24N4O2. The van der Waals surface area contributed by atoms with Crippen molar-refractivity contribution in [3.05, 3.63) is 34.6 Å². The highest BCUT2D eigenvalue weighted by Gasteiger charge is 2.10. The first-order valence-corrected chi connectivity index (χ1v) is 8.09. The van der Waals surface area contributed by atoms with E-state index in [-0.39, 0.29) is 30.5 Å². The van der Waals surface area contributed by atoms with Gasteiger partial charge in [-0.25, -0.2) is 4.68 Å². The number of aryl methyl sites for hydroxylation is 1. The molecule has 1 amide bonds. The van der Waals surface area contributed by atoms with Crippen LogP contribution in [0.4, 0.5) is 0 Å². The van der Waals surface area contributed by atoms with Gasteiger partial charge in [0.25, 0.3) is 5.56 Å². The van der Waals surface area contributed by atoms with Gasteiger partial charge in [0.15, 0.2) is 0 Å².